The number of aromatic nitrogens is 4. The Balaban J connectivity index is 1.39. The average Bonchev–Trinajstić information content (AvgIpc) is 2.73. The van der Waals surface area contributed by atoms with Crippen molar-refractivity contribution >= 4 is 40.5 Å². The maximum atomic E-state index is 5.72. The molecule has 0 saturated heterocycles. The summed E-state index contributed by atoms with van der Waals surface area (Å²) in [5.74, 6) is 0.0231. The first-order valence-corrected chi connectivity index (χ1v) is 8.37. The summed E-state index contributed by atoms with van der Waals surface area (Å²) in [7, 11) is 0. The van der Waals surface area contributed by atoms with Gasteiger partial charge in [0.15, 0.2) is 0 Å². The Labute approximate surface area is 159 Å². The van der Waals surface area contributed by atoms with Crippen LogP contribution in [0.15, 0.2) is 76.2 Å². The van der Waals surface area contributed by atoms with Gasteiger partial charge in [-0.3, -0.25) is 9.97 Å². The van der Waals surface area contributed by atoms with E-state index in [4.69, 9.17) is 5.73 Å². The number of hydrazone groups is 1. The average molecular weight is 369 g/mol. The van der Waals surface area contributed by atoms with Gasteiger partial charge in [-0.25, -0.2) is 15.4 Å². The Morgan fingerprint density at radius 2 is 1.32 bits per heavy atom. The molecule has 0 amide bonds. The van der Waals surface area contributed by atoms with E-state index < -0.39 is 0 Å². The molecule has 28 heavy (non-hydrogen) atoms. The van der Waals surface area contributed by atoms with Gasteiger partial charge in [-0.1, -0.05) is 24.3 Å². The summed E-state index contributed by atoms with van der Waals surface area (Å²) in [6.07, 6.45) is 6.20. The highest BCUT2D eigenvalue weighted by Gasteiger charge is 1.97. The quantitative estimate of drug-likeness (QED) is 0.321. The highest BCUT2D eigenvalue weighted by molar-refractivity contribution is 5.85. The first-order chi connectivity index (χ1) is 13.8. The van der Waals surface area contributed by atoms with Crippen molar-refractivity contribution < 1.29 is 0 Å². The number of fused-ring (bicyclic) bond motifs is 2. The minimum absolute atomic E-state index is 0.0231. The van der Waals surface area contributed by atoms with Crippen LogP contribution in [-0.4, -0.2) is 38.3 Å². The second-order valence-electron chi connectivity index (χ2n) is 5.67. The molecule has 0 spiro atoms. The van der Waals surface area contributed by atoms with Crippen molar-refractivity contribution in [3.8, 4) is 0 Å². The van der Waals surface area contributed by atoms with Crippen molar-refractivity contribution in [2.45, 2.75) is 0 Å². The second-order valence-corrected chi connectivity index (χ2v) is 5.67. The first-order valence-electron chi connectivity index (χ1n) is 8.37. The topological polar surface area (TPSA) is 127 Å². The molecular weight excluding hydrogens is 354 g/mol. The van der Waals surface area contributed by atoms with Crippen LogP contribution in [-0.2, 0) is 0 Å². The van der Waals surface area contributed by atoms with E-state index in [1.807, 2.05) is 48.5 Å². The van der Waals surface area contributed by atoms with Crippen molar-refractivity contribution in [3.63, 3.8) is 0 Å². The summed E-state index contributed by atoms with van der Waals surface area (Å²) in [5, 5.41) is 11.7. The fourth-order valence-corrected chi connectivity index (χ4v) is 2.40. The van der Waals surface area contributed by atoms with Crippen LogP contribution in [0, 0.1) is 0 Å². The second kappa shape index (κ2) is 7.96. The third-order valence-corrected chi connectivity index (χ3v) is 3.67. The lowest BCUT2D eigenvalue weighted by Crippen LogP contribution is -2.26. The summed E-state index contributed by atoms with van der Waals surface area (Å²) >= 11 is 0. The fourth-order valence-electron chi connectivity index (χ4n) is 2.40. The van der Waals surface area contributed by atoms with E-state index in [-0.39, 0.29) is 5.96 Å². The van der Waals surface area contributed by atoms with Gasteiger partial charge in [-0.05, 0) is 24.3 Å². The smallest absolute Gasteiger partial charge is 0.234 e. The van der Waals surface area contributed by atoms with Crippen LogP contribution in [0.2, 0.25) is 0 Å². The van der Waals surface area contributed by atoms with E-state index >= 15 is 0 Å². The fraction of sp³-hybridized carbons (Fsp3) is 0. The molecule has 0 unspecified atom stereocenters. The largest absolute Gasteiger partial charge is 0.367 e. The SMILES string of the molecule is NC(=NN=Cc1cnc2ccccc2n1)NN=Cc1cnc2ccccc2n1. The van der Waals surface area contributed by atoms with Gasteiger partial charge in [-0.15, -0.1) is 5.10 Å². The number of rotatable bonds is 4. The van der Waals surface area contributed by atoms with Crippen molar-refractivity contribution in [2.24, 2.45) is 21.0 Å². The standard InChI is InChI=1S/C19H15N9/c20-19(27-23-11-13-9-21-15-5-1-3-7-17(15)25-13)28-24-12-14-10-22-16-6-2-4-8-18(16)26-14/h1-12H,(H3,20,27,28). The van der Waals surface area contributed by atoms with Gasteiger partial charge in [-0.2, -0.15) is 10.2 Å². The molecule has 9 heteroatoms. The van der Waals surface area contributed by atoms with Crippen LogP contribution in [0.3, 0.4) is 0 Å². The predicted octanol–water partition coefficient (Wildman–Crippen LogP) is 1.85. The van der Waals surface area contributed by atoms with Gasteiger partial charge < -0.3 is 5.73 Å². The van der Waals surface area contributed by atoms with Crippen LogP contribution in [0.5, 0.6) is 0 Å². The van der Waals surface area contributed by atoms with Gasteiger partial charge in [0.05, 0.1) is 46.9 Å². The minimum atomic E-state index is 0.0231. The summed E-state index contributed by atoms with van der Waals surface area (Å²) < 4.78 is 0. The van der Waals surface area contributed by atoms with Crippen LogP contribution < -0.4 is 11.2 Å². The molecule has 4 aromatic rings. The Morgan fingerprint density at radius 3 is 1.93 bits per heavy atom. The summed E-state index contributed by atoms with van der Waals surface area (Å²) in [6, 6.07) is 15.2. The van der Waals surface area contributed by atoms with Gasteiger partial charge in [0.2, 0.25) is 5.96 Å². The Kier molecular flexibility index (Phi) is 4.88. The zero-order valence-electron chi connectivity index (χ0n) is 14.6. The summed E-state index contributed by atoms with van der Waals surface area (Å²) in [4.78, 5) is 17.4. The molecule has 3 N–H and O–H groups in total. The molecule has 2 aromatic heterocycles. The molecule has 0 bridgehead atoms. The lowest BCUT2D eigenvalue weighted by molar-refractivity contribution is 0.991. The van der Waals surface area contributed by atoms with Gasteiger partial charge in [0.1, 0.15) is 11.4 Å². The highest BCUT2D eigenvalue weighted by Crippen LogP contribution is 2.08. The maximum Gasteiger partial charge on any atom is 0.234 e. The molecule has 0 aliphatic heterocycles. The molecule has 0 radical (unpaired) electrons. The van der Waals surface area contributed by atoms with Crippen molar-refractivity contribution in [1.29, 1.82) is 0 Å². The number of hydrogen-bond donors (Lipinski definition) is 2. The van der Waals surface area contributed by atoms with E-state index in [1.54, 1.807) is 12.4 Å². The first kappa shape index (κ1) is 17.2. The van der Waals surface area contributed by atoms with Gasteiger partial charge in [0.25, 0.3) is 0 Å². The Bertz CT molecular complexity index is 1210. The normalized spacial score (nSPS) is 12.4. The minimum Gasteiger partial charge on any atom is -0.367 e. The number of nitrogens with two attached hydrogens (primary N) is 1. The van der Waals surface area contributed by atoms with Crippen LogP contribution >= 0.6 is 0 Å². The van der Waals surface area contributed by atoms with Crippen molar-refractivity contribution in [3.05, 3.63) is 72.3 Å². The number of nitrogens with one attached hydrogen (secondary N) is 1. The van der Waals surface area contributed by atoms with E-state index in [0.29, 0.717) is 11.4 Å². The van der Waals surface area contributed by atoms with Crippen LogP contribution in [0.4, 0.5) is 0 Å². The maximum absolute atomic E-state index is 5.72. The summed E-state index contributed by atoms with van der Waals surface area (Å²) in [5.41, 5.74) is 12.7. The van der Waals surface area contributed by atoms with E-state index in [9.17, 15) is 0 Å². The van der Waals surface area contributed by atoms with E-state index in [1.165, 1.54) is 12.4 Å². The van der Waals surface area contributed by atoms with Gasteiger partial charge >= 0.3 is 0 Å². The molecule has 0 aliphatic rings. The zero-order valence-corrected chi connectivity index (χ0v) is 14.6. The lowest BCUT2D eigenvalue weighted by atomic mass is 10.3. The number of hydrogen-bond acceptors (Lipinski definition) is 7. The molecular formula is C19H15N9. The van der Waals surface area contributed by atoms with Crippen molar-refractivity contribution in [1.82, 2.24) is 25.4 Å². The third-order valence-electron chi connectivity index (χ3n) is 3.67. The molecule has 0 aliphatic carbocycles. The van der Waals surface area contributed by atoms with Crippen LogP contribution in [0.1, 0.15) is 11.4 Å². The molecule has 9 nitrogen and oxygen atoms in total. The molecule has 0 saturated carbocycles. The zero-order chi connectivity index (χ0) is 19.2. The molecule has 2 heterocycles. The lowest BCUT2D eigenvalue weighted by Gasteiger charge is -1.98. The third kappa shape index (κ3) is 4.10. The molecule has 136 valence electrons. The number of nitrogens with zero attached hydrogens (tertiary/aromatic N) is 7. The predicted molar refractivity (Wildman–Crippen MR) is 109 cm³/mol. The number of guanidine groups is 1. The molecule has 0 fully saturated rings. The molecule has 4 rings (SSSR count). The monoisotopic (exact) mass is 369 g/mol. The van der Waals surface area contributed by atoms with E-state index in [2.05, 4.69) is 40.7 Å². The number of benzene rings is 2. The molecule has 0 atom stereocenters. The van der Waals surface area contributed by atoms with Gasteiger partial charge in [0, 0.05) is 0 Å². The molecule has 2 aromatic carbocycles. The van der Waals surface area contributed by atoms with Crippen molar-refractivity contribution in [2.75, 3.05) is 0 Å². The summed E-state index contributed by atoms with van der Waals surface area (Å²) in [6.45, 7) is 0. The Morgan fingerprint density at radius 1 is 0.786 bits per heavy atom. The Hall–Kier alpha value is -4.27. The number of para-hydroxylation sites is 4. The van der Waals surface area contributed by atoms with E-state index in [0.717, 1.165) is 22.1 Å². The van der Waals surface area contributed by atoms with Crippen LogP contribution in [0.25, 0.3) is 22.1 Å². The highest BCUT2D eigenvalue weighted by atomic mass is 15.4.